The fourth-order valence-corrected chi connectivity index (χ4v) is 4.55. The van der Waals surface area contributed by atoms with Crippen LogP contribution in [0.25, 0.3) is 0 Å². The second kappa shape index (κ2) is 12.9. The molecule has 2 aliphatic rings. The molecule has 4 rings (SSSR count). The highest BCUT2D eigenvalue weighted by molar-refractivity contribution is 5.99. The van der Waals surface area contributed by atoms with Gasteiger partial charge in [-0.3, -0.25) is 19.2 Å². The fraction of sp³-hybridized carbons (Fsp3) is 0.500. The number of ether oxygens (including phenoxy) is 1. The number of β-lactam (4-membered cyclic amide) rings is 1. The third-order valence-corrected chi connectivity index (χ3v) is 7.04. The molecule has 12 nitrogen and oxygen atoms in total. The van der Waals surface area contributed by atoms with E-state index in [1.165, 1.54) is 0 Å². The summed E-state index contributed by atoms with van der Waals surface area (Å²) < 4.78 is 5.83. The van der Waals surface area contributed by atoms with E-state index in [1.807, 2.05) is 6.07 Å². The van der Waals surface area contributed by atoms with Crippen LogP contribution < -0.4 is 30.9 Å². The lowest BCUT2D eigenvalue weighted by Crippen LogP contribution is -2.80. The molecule has 3 atom stereocenters. The van der Waals surface area contributed by atoms with Gasteiger partial charge in [-0.25, -0.2) is 9.97 Å². The van der Waals surface area contributed by atoms with E-state index in [0.717, 1.165) is 26.2 Å². The summed E-state index contributed by atoms with van der Waals surface area (Å²) in [6.45, 7) is 8.51. The van der Waals surface area contributed by atoms with Gasteiger partial charge in [0.25, 0.3) is 5.91 Å². The normalized spacial score (nSPS) is 21.1. The average molecular weight is 552 g/mol. The Balaban J connectivity index is 1.27. The Morgan fingerprint density at radius 1 is 1.12 bits per heavy atom. The minimum atomic E-state index is -1.30. The zero-order valence-corrected chi connectivity index (χ0v) is 23.1. The van der Waals surface area contributed by atoms with Crippen molar-refractivity contribution in [3.63, 3.8) is 0 Å². The first-order valence-electron chi connectivity index (χ1n) is 13.6. The summed E-state index contributed by atoms with van der Waals surface area (Å²) in [6, 6.07) is 9.88. The minimum absolute atomic E-state index is 0.0528. The monoisotopic (exact) mass is 551 g/mol. The second-order valence-corrected chi connectivity index (χ2v) is 10.5. The van der Waals surface area contributed by atoms with Crippen LogP contribution in [0.5, 0.6) is 5.75 Å². The van der Waals surface area contributed by atoms with Crippen molar-refractivity contribution in [3.05, 3.63) is 48.4 Å². The molecule has 1 aromatic carbocycles. The quantitative estimate of drug-likeness (QED) is 0.221. The lowest BCUT2D eigenvalue weighted by molar-refractivity contribution is -0.154. The molecule has 1 unspecified atom stereocenters. The number of carbonyl (C=O) groups excluding carboxylic acids is 4. The van der Waals surface area contributed by atoms with E-state index in [4.69, 9.17) is 4.74 Å². The van der Waals surface area contributed by atoms with Crippen LogP contribution in [0.2, 0.25) is 0 Å². The van der Waals surface area contributed by atoms with Crippen LogP contribution in [0.1, 0.15) is 50.7 Å². The van der Waals surface area contributed by atoms with Gasteiger partial charge in [-0.2, -0.15) is 0 Å². The number of rotatable bonds is 12. The number of hydrogen-bond donors (Lipinski definition) is 4. The van der Waals surface area contributed by atoms with Crippen LogP contribution in [0, 0.1) is 5.92 Å². The third kappa shape index (κ3) is 6.92. The number of ketones is 1. The molecule has 214 valence electrons. The van der Waals surface area contributed by atoms with E-state index < -0.39 is 23.7 Å². The largest absolute Gasteiger partial charge is 0.468 e. The van der Waals surface area contributed by atoms with Crippen molar-refractivity contribution < 1.29 is 23.9 Å². The van der Waals surface area contributed by atoms with Crippen LogP contribution in [0.3, 0.4) is 0 Å². The van der Waals surface area contributed by atoms with Gasteiger partial charge in [-0.15, -0.1) is 0 Å². The van der Waals surface area contributed by atoms with Gasteiger partial charge in [-0.1, -0.05) is 32.0 Å². The molecule has 4 N–H and O–H groups in total. The highest BCUT2D eigenvalue weighted by Crippen LogP contribution is 2.25. The van der Waals surface area contributed by atoms with Crippen molar-refractivity contribution in [2.45, 2.75) is 57.8 Å². The maximum Gasteiger partial charge on any atom is 0.254 e. The molecule has 0 saturated carbocycles. The minimum Gasteiger partial charge on any atom is -0.468 e. The number of hydrogen-bond acceptors (Lipinski definition) is 9. The Hall–Kier alpha value is -4.06. The molecule has 3 amide bonds. The van der Waals surface area contributed by atoms with Gasteiger partial charge in [0.1, 0.15) is 17.6 Å². The summed E-state index contributed by atoms with van der Waals surface area (Å²) in [5.74, 6) is -0.310. The van der Waals surface area contributed by atoms with Gasteiger partial charge in [-0.05, 0) is 37.5 Å². The first-order chi connectivity index (χ1) is 19.2. The summed E-state index contributed by atoms with van der Waals surface area (Å²) in [4.78, 5) is 61.6. The van der Waals surface area contributed by atoms with E-state index in [2.05, 4.69) is 36.1 Å². The number of anilines is 1. The van der Waals surface area contributed by atoms with Crippen molar-refractivity contribution in [1.29, 1.82) is 0 Å². The number of nitrogens with zero attached hydrogens (tertiary/aromatic N) is 3. The Morgan fingerprint density at radius 3 is 2.52 bits per heavy atom. The van der Waals surface area contributed by atoms with Crippen molar-refractivity contribution in [2.75, 3.05) is 31.1 Å². The van der Waals surface area contributed by atoms with Gasteiger partial charge in [0.15, 0.2) is 17.1 Å². The maximum absolute atomic E-state index is 13.2. The molecule has 2 aromatic rings. The maximum atomic E-state index is 13.2. The van der Waals surface area contributed by atoms with E-state index in [0.29, 0.717) is 11.6 Å². The predicted octanol–water partition coefficient (Wildman–Crippen LogP) is 0.790. The van der Waals surface area contributed by atoms with E-state index in [1.54, 1.807) is 57.3 Å². The molecule has 0 radical (unpaired) electrons. The summed E-state index contributed by atoms with van der Waals surface area (Å²) in [7, 11) is 0. The topological polar surface area (TPSA) is 155 Å². The number of amides is 3. The summed E-state index contributed by atoms with van der Waals surface area (Å²) in [5, 5.41) is 11.4. The number of aromatic nitrogens is 2. The molecule has 12 heteroatoms. The lowest BCUT2D eigenvalue weighted by Gasteiger charge is -2.46. The standard InChI is InChI=1S/C28H37N7O5/c1-18(2)23(25(38)34-28(3)26(39)33-27(28)40-19-8-5-4-6-9-19)32-22(37)11-7-10-20(36)24-30-13-12-21(31-24)35-16-14-29-15-17-35/h4-6,8-9,12-13,18,23,27,29H,7,10-11,14-17H2,1-3H3,(H,32,37)(H,33,39)(H,34,38)/t23?,27-,28-/m1/s1. The van der Waals surface area contributed by atoms with Crippen LogP contribution in [0.15, 0.2) is 42.6 Å². The van der Waals surface area contributed by atoms with E-state index in [9.17, 15) is 19.2 Å². The Labute approximate surface area is 233 Å². The predicted molar refractivity (Wildman–Crippen MR) is 148 cm³/mol. The van der Waals surface area contributed by atoms with Gasteiger partial charge in [0, 0.05) is 45.2 Å². The molecule has 2 aliphatic heterocycles. The SMILES string of the molecule is CC(C)C(NC(=O)CCCC(=O)c1nccc(N2CCNCC2)n1)C(=O)N[C@]1(C)C(=O)N[C@@H]1Oc1ccccc1. The van der Waals surface area contributed by atoms with Crippen molar-refractivity contribution in [1.82, 2.24) is 31.2 Å². The van der Waals surface area contributed by atoms with Crippen molar-refractivity contribution >= 4 is 29.3 Å². The summed E-state index contributed by atoms with van der Waals surface area (Å²) >= 11 is 0. The molecule has 3 heterocycles. The van der Waals surface area contributed by atoms with Crippen LogP contribution in [0.4, 0.5) is 5.82 Å². The number of benzene rings is 1. The molecule has 40 heavy (non-hydrogen) atoms. The van der Waals surface area contributed by atoms with Crippen molar-refractivity contribution in [3.8, 4) is 5.75 Å². The zero-order chi connectivity index (χ0) is 28.7. The van der Waals surface area contributed by atoms with E-state index in [-0.39, 0.29) is 48.6 Å². The lowest BCUT2D eigenvalue weighted by atomic mass is 9.89. The van der Waals surface area contributed by atoms with Crippen LogP contribution in [-0.2, 0) is 14.4 Å². The van der Waals surface area contributed by atoms with Gasteiger partial charge >= 0.3 is 0 Å². The molecule has 0 spiro atoms. The highest BCUT2D eigenvalue weighted by Gasteiger charge is 2.55. The number of Topliss-reactive ketones (excluding diaryl/α,β-unsaturated/α-hetero) is 1. The smallest absolute Gasteiger partial charge is 0.254 e. The highest BCUT2D eigenvalue weighted by atomic mass is 16.5. The number of piperazine rings is 1. The zero-order valence-electron chi connectivity index (χ0n) is 23.1. The fourth-order valence-electron chi connectivity index (χ4n) is 4.55. The Bertz CT molecular complexity index is 1220. The van der Waals surface area contributed by atoms with Crippen molar-refractivity contribution in [2.24, 2.45) is 5.92 Å². The van der Waals surface area contributed by atoms with Gasteiger partial charge in [0.05, 0.1) is 0 Å². The van der Waals surface area contributed by atoms with Crippen LogP contribution >= 0.6 is 0 Å². The van der Waals surface area contributed by atoms with Gasteiger partial charge < -0.3 is 30.9 Å². The Morgan fingerprint density at radius 2 is 1.85 bits per heavy atom. The molecule has 2 saturated heterocycles. The molecule has 2 fully saturated rings. The van der Waals surface area contributed by atoms with E-state index >= 15 is 0 Å². The number of para-hydroxylation sites is 1. The molecule has 0 aliphatic carbocycles. The number of carbonyl (C=O) groups is 4. The first-order valence-corrected chi connectivity index (χ1v) is 13.6. The molecule has 0 bridgehead atoms. The molecular formula is C28H37N7O5. The Kier molecular flexibility index (Phi) is 9.30. The average Bonchev–Trinajstić information content (AvgIpc) is 2.96. The van der Waals surface area contributed by atoms with Gasteiger partial charge in [0.2, 0.25) is 18.0 Å². The second-order valence-electron chi connectivity index (χ2n) is 10.5. The molecular weight excluding hydrogens is 514 g/mol. The summed E-state index contributed by atoms with van der Waals surface area (Å²) in [5.41, 5.74) is -1.30. The first kappa shape index (κ1) is 28.9. The summed E-state index contributed by atoms with van der Waals surface area (Å²) in [6.07, 6.45) is 1.26. The molecule has 1 aromatic heterocycles. The number of nitrogens with one attached hydrogen (secondary N) is 4. The van der Waals surface area contributed by atoms with Crippen LogP contribution in [-0.4, -0.2) is 77.5 Å². The third-order valence-electron chi connectivity index (χ3n) is 7.04.